The number of rotatable bonds is 6. The Morgan fingerprint density at radius 3 is 2.67 bits per heavy atom. The van der Waals surface area contributed by atoms with E-state index < -0.39 is 0 Å². The van der Waals surface area contributed by atoms with Crippen LogP contribution in [0.5, 0.6) is 0 Å². The van der Waals surface area contributed by atoms with Crippen molar-refractivity contribution in [3.05, 3.63) is 35.6 Å². The molecule has 1 saturated carbocycles. The van der Waals surface area contributed by atoms with Crippen LogP contribution in [0.1, 0.15) is 37.7 Å². The van der Waals surface area contributed by atoms with E-state index in [-0.39, 0.29) is 11.7 Å². The molecule has 0 radical (unpaired) electrons. The predicted octanol–water partition coefficient (Wildman–Crippen LogP) is 3.23. The van der Waals surface area contributed by atoms with Gasteiger partial charge in [-0.05, 0) is 37.0 Å². The van der Waals surface area contributed by atoms with Gasteiger partial charge in [0, 0.05) is 43.1 Å². The third-order valence-electron chi connectivity index (χ3n) is 5.06. The highest BCUT2D eigenvalue weighted by Crippen LogP contribution is 2.25. The monoisotopic (exact) mass is 350 g/mol. The van der Waals surface area contributed by atoms with Crippen molar-refractivity contribution < 1.29 is 9.18 Å². The second-order valence-corrected chi connectivity index (χ2v) is 7.98. The van der Waals surface area contributed by atoms with E-state index in [0.717, 1.165) is 49.4 Å². The number of nitrogens with zero attached hydrogens (tertiary/aromatic N) is 1. The van der Waals surface area contributed by atoms with Gasteiger partial charge in [0.2, 0.25) is 5.91 Å². The summed E-state index contributed by atoms with van der Waals surface area (Å²) in [6, 6.07) is 7.36. The first-order chi connectivity index (χ1) is 11.7. The molecule has 0 bridgehead atoms. The van der Waals surface area contributed by atoms with Gasteiger partial charge < -0.3 is 10.2 Å². The molecule has 2 aliphatic rings. The molecule has 1 heterocycles. The van der Waals surface area contributed by atoms with Gasteiger partial charge in [-0.3, -0.25) is 4.79 Å². The van der Waals surface area contributed by atoms with E-state index in [1.54, 1.807) is 0 Å². The minimum atomic E-state index is -0.205. The Hall–Kier alpha value is -1.07. The van der Waals surface area contributed by atoms with Crippen LogP contribution in [0.2, 0.25) is 0 Å². The summed E-state index contributed by atoms with van der Waals surface area (Å²) in [5, 5.41) is 3.47. The molecular formula is C19H27FN2OS. The summed E-state index contributed by atoms with van der Waals surface area (Å²) in [5.41, 5.74) is 1.10. The zero-order chi connectivity index (χ0) is 16.8. The van der Waals surface area contributed by atoms with Gasteiger partial charge in [0.15, 0.2) is 0 Å². The lowest BCUT2D eigenvalue weighted by Crippen LogP contribution is -2.46. The van der Waals surface area contributed by atoms with Crippen molar-refractivity contribution in [2.45, 2.75) is 50.6 Å². The van der Waals surface area contributed by atoms with E-state index in [2.05, 4.69) is 10.2 Å². The molecule has 3 nitrogen and oxygen atoms in total. The Kier molecular flexibility index (Phi) is 6.55. The highest BCUT2D eigenvalue weighted by molar-refractivity contribution is 7.99. The molecule has 132 valence electrons. The third-order valence-corrected chi connectivity index (χ3v) is 6.19. The fourth-order valence-electron chi connectivity index (χ4n) is 3.71. The quantitative estimate of drug-likeness (QED) is 0.855. The van der Waals surface area contributed by atoms with Crippen LogP contribution in [0.4, 0.5) is 4.39 Å². The smallest absolute Gasteiger partial charge is 0.224 e. The van der Waals surface area contributed by atoms with E-state index in [0.29, 0.717) is 18.5 Å². The van der Waals surface area contributed by atoms with Crippen LogP contribution in [-0.2, 0) is 11.2 Å². The van der Waals surface area contributed by atoms with Crippen molar-refractivity contribution in [3.8, 4) is 0 Å². The Morgan fingerprint density at radius 1 is 1.25 bits per heavy atom. The van der Waals surface area contributed by atoms with E-state index in [1.807, 2.05) is 23.9 Å². The molecule has 2 fully saturated rings. The molecule has 1 aromatic rings. The summed E-state index contributed by atoms with van der Waals surface area (Å²) in [6.45, 7) is 1.75. The first-order valence-electron chi connectivity index (χ1n) is 9.07. The standard InChI is InChI=1S/C19H27FN2OS/c20-16-7-5-15(6-8-16)9-11-22(18-3-1-2-4-18)19(23)13-17-14-24-12-10-21-17/h5-8,17-18,21H,1-4,9-14H2. The lowest BCUT2D eigenvalue weighted by atomic mass is 10.1. The first-order valence-corrected chi connectivity index (χ1v) is 10.2. The maximum atomic E-state index is 13.0. The number of halogens is 1. The van der Waals surface area contributed by atoms with Crippen LogP contribution in [-0.4, -0.2) is 47.5 Å². The number of amides is 1. The molecule has 1 unspecified atom stereocenters. The minimum Gasteiger partial charge on any atom is -0.339 e. The first kappa shape index (κ1) is 17.7. The Bertz CT molecular complexity index is 525. The Labute approximate surface area is 148 Å². The molecule has 1 saturated heterocycles. The normalized spacial score (nSPS) is 21.8. The molecule has 1 aliphatic heterocycles. The van der Waals surface area contributed by atoms with Crippen molar-refractivity contribution in [3.63, 3.8) is 0 Å². The van der Waals surface area contributed by atoms with Gasteiger partial charge in [0.1, 0.15) is 5.82 Å². The van der Waals surface area contributed by atoms with Crippen molar-refractivity contribution in [1.29, 1.82) is 0 Å². The van der Waals surface area contributed by atoms with Crippen molar-refractivity contribution in [1.82, 2.24) is 10.2 Å². The molecule has 1 N–H and O–H groups in total. The van der Waals surface area contributed by atoms with E-state index in [1.165, 1.54) is 25.0 Å². The van der Waals surface area contributed by atoms with E-state index in [4.69, 9.17) is 0 Å². The van der Waals surface area contributed by atoms with Gasteiger partial charge in [0.05, 0.1) is 0 Å². The fourth-order valence-corrected chi connectivity index (χ4v) is 4.66. The molecular weight excluding hydrogens is 323 g/mol. The average Bonchev–Trinajstić information content (AvgIpc) is 3.12. The van der Waals surface area contributed by atoms with Gasteiger partial charge in [-0.1, -0.05) is 25.0 Å². The maximum absolute atomic E-state index is 13.0. The summed E-state index contributed by atoms with van der Waals surface area (Å²) in [4.78, 5) is 15.0. The van der Waals surface area contributed by atoms with Crippen molar-refractivity contribution in [2.75, 3.05) is 24.6 Å². The summed E-state index contributed by atoms with van der Waals surface area (Å²) < 4.78 is 13.0. The molecule has 0 spiro atoms. The number of thioether (sulfide) groups is 1. The lowest BCUT2D eigenvalue weighted by Gasteiger charge is -2.32. The summed E-state index contributed by atoms with van der Waals surface area (Å²) in [5.74, 6) is 2.25. The summed E-state index contributed by atoms with van der Waals surface area (Å²) >= 11 is 1.93. The number of nitrogens with one attached hydrogen (secondary N) is 1. The molecule has 5 heteroatoms. The Morgan fingerprint density at radius 2 is 2.00 bits per heavy atom. The van der Waals surface area contributed by atoms with Crippen LogP contribution in [0.25, 0.3) is 0 Å². The van der Waals surface area contributed by atoms with Gasteiger partial charge >= 0.3 is 0 Å². The van der Waals surface area contributed by atoms with Gasteiger partial charge in [0.25, 0.3) is 0 Å². The second kappa shape index (κ2) is 8.86. The second-order valence-electron chi connectivity index (χ2n) is 6.83. The number of hydrogen-bond acceptors (Lipinski definition) is 3. The molecule has 1 atom stereocenters. The summed E-state index contributed by atoms with van der Waals surface area (Å²) in [6.07, 6.45) is 6.11. The largest absolute Gasteiger partial charge is 0.339 e. The van der Waals surface area contributed by atoms with Crippen LogP contribution in [0, 0.1) is 5.82 Å². The highest BCUT2D eigenvalue weighted by Gasteiger charge is 2.28. The topological polar surface area (TPSA) is 32.3 Å². The van der Waals surface area contributed by atoms with Crippen molar-refractivity contribution in [2.24, 2.45) is 0 Å². The van der Waals surface area contributed by atoms with Gasteiger partial charge in [-0.15, -0.1) is 0 Å². The molecule has 1 amide bonds. The number of carbonyl (C=O) groups is 1. The zero-order valence-corrected chi connectivity index (χ0v) is 15.0. The number of hydrogen-bond donors (Lipinski definition) is 1. The number of carbonyl (C=O) groups excluding carboxylic acids is 1. The SMILES string of the molecule is O=C(CC1CSCCN1)N(CCc1ccc(F)cc1)C1CCCC1. The van der Waals surface area contributed by atoms with Gasteiger partial charge in [-0.25, -0.2) is 4.39 Å². The molecule has 1 aliphatic carbocycles. The Balaban J connectivity index is 1.59. The highest BCUT2D eigenvalue weighted by atomic mass is 32.2. The fraction of sp³-hybridized carbons (Fsp3) is 0.632. The van der Waals surface area contributed by atoms with E-state index >= 15 is 0 Å². The average molecular weight is 351 g/mol. The van der Waals surface area contributed by atoms with Crippen LogP contribution in [0.3, 0.4) is 0 Å². The zero-order valence-electron chi connectivity index (χ0n) is 14.2. The molecule has 3 rings (SSSR count). The molecule has 1 aromatic carbocycles. The maximum Gasteiger partial charge on any atom is 0.224 e. The van der Waals surface area contributed by atoms with Crippen molar-refractivity contribution >= 4 is 17.7 Å². The summed E-state index contributed by atoms with van der Waals surface area (Å²) in [7, 11) is 0. The predicted molar refractivity (Wildman–Crippen MR) is 97.8 cm³/mol. The van der Waals surface area contributed by atoms with Crippen LogP contribution >= 0.6 is 11.8 Å². The third kappa shape index (κ3) is 4.96. The van der Waals surface area contributed by atoms with E-state index in [9.17, 15) is 9.18 Å². The molecule has 0 aromatic heterocycles. The number of benzene rings is 1. The van der Waals surface area contributed by atoms with Crippen LogP contribution < -0.4 is 5.32 Å². The van der Waals surface area contributed by atoms with Crippen LogP contribution in [0.15, 0.2) is 24.3 Å². The lowest BCUT2D eigenvalue weighted by molar-refractivity contribution is -0.133. The molecule has 24 heavy (non-hydrogen) atoms. The minimum absolute atomic E-state index is 0.205. The van der Waals surface area contributed by atoms with Gasteiger partial charge in [-0.2, -0.15) is 11.8 Å².